The summed E-state index contributed by atoms with van der Waals surface area (Å²) in [6, 6.07) is 8.48. The number of ether oxygens (including phenoxy) is 2. The van der Waals surface area contributed by atoms with Crippen molar-refractivity contribution in [3.05, 3.63) is 35.4 Å². The molecule has 1 aromatic carbocycles. The van der Waals surface area contributed by atoms with Gasteiger partial charge in [-0.15, -0.1) is 0 Å². The van der Waals surface area contributed by atoms with Crippen molar-refractivity contribution in [2.75, 3.05) is 20.8 Å². The molecule has 1 N–H and O–H groups in total. The maximum atomic E-state index is 5.31. The maximum absolute atomic E-state index is 5.31. The van der Waals surface area contributed by atoms with Crippen molar-refractivity contribution in [1.29, 1.82) is 0 Å². The Balaban J connectivity index is 2.87. The number of likely N-dealkylation sites (N-methyl/N-ethyl adjacent to an activating group) is 1. The molecule has 0 radical (unpaired) electrons. The quantitative estimate of drug-likeness (QED) is 0.750. The van der Waals surface area contributed by atoms with E-state index >= 15 is 0 Å². The summed E-state index contributed by atoms with van der Waals surface area (Å²) in [4.78, 5) is 0. The predicted octanol–water partition coefficient (Wildman–Crippen LogP) is 2.26. The van der Waals surface area contributed by atoms with Crippen LogP contribution in [0.25, 0.3) is 0 Å². The highest BCUT2D eigenvalue weighted by Gasteiger charge is 2.21. The van der Waals surface area contributed by atoms with Gasteiger partial charge in [-0.2, -0.15) is 0 Å². The fourth-order valence-electron chi connectivity index (χ4n) is 1.73. The van der Waals surface area contributed by atoms with Gasteiger partial charge in [-0.3, -0.25) is 0 Å². The van der Waals surface area contributed by atoms with Crippen LogP contribution in [0.3, 0.4) is 0 Å². The summed E-state index contributed by atoms with van der Waals surface area (Å²) in [5.41, 5.74) is 2.44. The Hall–Kier alpha value is -0.900. The predicted molar refractivity (Wildman–Crippen MR) is 65.4 cm³/mol. The van der Waals surface area contributed by atoms with Gasteiger partial charge in [-0.1, -0.05) is 36.8 Å². The lowest BCUT2D eigenvalue weighted by molar-refractivity contribution is -0.123. The Morgan fingerprint density at radius 1 is 1.12 bits per heavy atom. The van der Waals surface area contributed by atoms with Crippen molar-refractivity contribution < 1.29 is 9.47 Å². The number of aryl methyl sites for hydroxylation is 1. The van der Waals surface area contributed by atoms with Gasteiger partial charge in [0.25, 0.3) is 0 Å². The number of hydrogen-bond acceptors (Lipinski definition) is 3. The van der Waals surface area contributed by atoms with Crippen LogP contribution in [0.5, 0.6) is 0 Å². The van der Waals surface area contributed by atoms with Crippen LogP contribution >= 0.6 is 0 Å². The molecule has 3 heteroatoms. The lowest BCUT2D eigenvalue weighted by Crippen LogP contribution is -2.34. The van der Waals surface area contributed by atoms with E-state index in [2.05, 4.69) is 43.4 Å². The number of nitrogens with one attached hydrogen (secondary N) is 1. The summed E-state index contributed by atoms with van der Waals surface area (Å²) in [5, 5.41) is 3.37. The second-order valence-corrected chi connectivity index (χ2v) is 3.79. The molecule has 0 saturated carbocycles. The Morgan fingerprint density at radius 2 is 1.69 bits per heavy atom. The van der Waals surface area contributed by atoms with E-state index in [0.29, 0.717) is 0 Å². The zero-order chi connectivity index (χ0) is 12.0. The third-order valence-electron chi connectivity index (χ3n) is 2.60. The molecule has 1 atom stereocenters. The minimum atomic E-state index is -0.261. The van der Waals surface area contributed by atoms with Crippen LogP contribution in [0.4, 0.5) is 0 Å². The van der Waals surface area contributed by atoms with Gasteiger partial charge < -0.3 is 14.8 Å². The maximum Gasteiger partial charge on any atom is 0.176 e. The number of rotatable bonds is 6. The average Bonchev–Trinajstić information content (AvgIpc) is 2.31. The summed E-state index contributed by atoms with van der Waals surface area (Å²) in [5.74, 6) is 0. The standard InChI is InChI=1S/C13H21NO2/c1-5-14-12(13(15-3)16-4)11-8-6-10(2)7-9-11/h6-9,12-14H,5H2,1-4H3. The first-order chi connectivity index (χ1) is 7.72. The Bertz CT molecular complexity index is 293. The molecule has 0 amide bonds. The molecule has 0 aliphatic rings. The highest BCUT2D eigenvalue weighted by atomic mass is 16.7. The first-order valence-corrected chi connectivity index (χ1v) is 5.58. The molecule has 0 bridgehead atoms. The van der Waals surface area contributed by atoms with Crippen LogP contribution < -0.4 is 5.32 Å². The van der Waals surface area contributed by atoms with Gasteiger partial charge in [-0.05, 0) is 19.0 Å². The van der Waals surface area contributed by atoms with Gasteiger partial charge in [-0.25, -0.2) is 0 Å². The van der Waals surface area contributed by atoms with Crippen molar-refractivity contribution in [2.24, 2.45) is 0 Å². The van der Waals surface area contributed by atoms with Gasteiger partial charge >= 0.3 is 0 Å². The minimum Gasteiger partial charge on any atom is -0.354 e. The number of hydrogen-bond donors (Lipinski definition) is 1. The van der Waals surface area contributed by atoms with E-state index < -0.39 is 0 Å². The van der Waals surface area contributed by atoms with E-state index in [1.165, 1.54) is 11.1 Å². The molecule has 90 valence electrons. The first-order valence-electron chi connectivity index (χ1n) is 5.58. The van der Waals surface area contributed by atoms with Gasteiger partial charge in [0.05, 0.1) is 6.04 Å². The van der Waals surface area contributed by atoms with Crippen molar-refractivity contribution in [2.45, 2.75) is 26.2 Å². The first kappa shape index (κ1) is 13.2. The van der Waals surface area contributed by atoms with E-state index in [4.69, 9.17) is 9.47 Å². The molecule has 0 aliphatic heterocycles. The Morgan fingerprint density at radius 3 is 2.12 bits per heavy atom. The molecule has 3 nitrogen and oxygen atoms in total. The van der Waals surface area contributed by atoms with Gasteiger partial charge in [0.2, 0.25) is 0 Å². The largest absolute Gasteiger partial charge is 0.354 e. The average molecular weight is 223 g/mol. The highest BCUT2D eigenvalue weighted by molar-refractivity contribution is 5.24. The molecule has 0 fully saturated rings. The van der Waals surface area contributed by atoms with Crippen LogP contribution in [-0.4, -0.2) is 27.1 Å². The van der Waals surface area contributed by atoms with E-state index in [1.807, 2.05) is 0 Å². The number of benzene rings is 1. The second-order valence-electron chi connectivity index (χ2n) is 3.79. The zero-order valence-corrected chi connectivity index (χ0v) is 10.5. The zero-order valence-electron chi connectivity index (χ0n) is 10.5. The SMILES string of the molecule is CCNC(c1ccc(C)cc1)C(OC)OC. The van der Waals surface area contributed by atoms with E-state index in [0.717, 1.165) is 6.54 Å². The molecule has 1 unspecified atom stereocenters. The lowest BCUT2D eigenvalue weighted by atomic mass is 10.0. The monoisotopic (exact) mass is 223 g/mol. The van der Waals surface area contributed by atoms with E-state index in [1.54, 1.807) is 14.2 Å². The molecule has 0 spiro atoms. The second kappa shape index (κ2) is 6.63. The molecule has 0 aliphatic carbocycles. The summed E-state index contributed by atoms with van der Waals surface area (Å²) >= 11 is 0. The van der Waals surface area contributed by atoms with Gasteiger partial charge in [0.15, 0.2) is 6.29 Å². The molecular formula is C13H21NO2. The highest BCUT2D eigenvalue weighted by Crippen LogP contribution is 2.19. The fraction of sp³-hybridized carbons (Fsp3) is 0.538. The number of methoxy groups -OCH3 is 2. The third kappa shape index (κ3) is 3.30. The molecule has 0 heterocycles. The Labute approximate surface area is 97.8 Å². The third-order valence-corrected chi connectivity index (χ3v) is 2.60. The minimum absolute atomic E-state index is 0.0700. The normalized spacial score (nSPS) is 13.1. The van der Waals surface area contributed by atoms with Crippen molar-refractivity contribution in [1.82, 2.24) is 5.32 Å². The molecular weight excluding hydrogens is 202 g/mol. The van der Waals surface area contributed by atoms with Crippen LogP contribution in [-0.2, 0) is 9.47 Å². The van der Waals surface area contributed by atoms with Gasteiger partial charge in [0.1, 0.15) is 0 Å². The van der Waals surface area contributed by atoms with Crippen LogP contribution in [0.1, 0.15) is 24.1 Å². The molecule has 1 rings (SSSR count). The van der Waals surface area contributed by atoms with Crippen LogP contribution in [0.2, 0.25) is 0 Å². The molecule has 0 saturated heterocycles. The molecule has 1 aromatic rings. The summed E-state index contributed by atoms with van der Waals surface area (Å²) in [6.07, 6.45) is -0.261. The summed E-state index contributed by atoms with van der Waals surface area (Å²) in [6.45, 7) is 5.03. The van der Waals surface area contributed by atoms with Crippen molar-refractivity contribution in [3.63, 3.8) is 0 Å². The fourth-order valence-corrected chi connectivity index (χ4v) is 1.73. The lowest BCUT2D eigenvalue weighted by Gasteiger charge is -2.25. The van der Waals surface area contributed by atoms with E-state index in [9.17, 15) is 0 Å². The molecule has 16 heavy (non-hydrogen) atoms. The molecule has 0 aromatic heterocycles. The smallest absolute Gasteiger partial charge is 0.176 e. The van der Waals surface area contributed by atoms with Crippen molar-refractivity contribution >= 4 is 0 Å². The Kier molecular flexibility index (Phi) is 5.46. The van der Waals surface area contributed by atoms with Crippen molar-refractivity contribution in [3.8, 4) is 0 Å². The summed E-state index contributed by atoms with van der Waals surface area (Å²) < 4.78 is 10.6. The summed E-state index contributed by atoms with van der Waals surface area (Å²) in [7, 11) is 3.32. The van der Waals surface area contributed by atoms with E-state index in [-0.39, 0.29) is 12.3 Å². The van der Waals surface area contributed by atoms with Crippen LogP contribution in [0, 0.1) is 6.92 Å². The van der Waals surface area contributed by atoms with Crippen LogP contribution in [0.15, 0.2) is 24.3 Å². The van der Waals surface area contributed by atoms with Gasteiger partial charge in [0, 0.05) is 14.2 Å². The topological polar surface area (TPSA) is 30.5 Å².